The van der Waals surface area contributed by atoms with E-state index in [1.807, 2.05) is 38.4 Å². The number of nitrogens with zero attached hydrogens (tertiary/aromatic N) is 1. The van der Waals surface area contributed by atoms with Gasteiger partial charge in [0.2, 0.25) is 5.91 Å². The molecule has 0 fully saturated rings. The van der Waals surface area contributed by atoms with Gasteiger partial charge in [0.1, 0.15) is 0 Å². The van der Waals surface area contributed by atoms with Crippen molar-refractivity contribution in [2.24, 2.45) is 0 Å². The van der Waals surface area contributed by atoms with E-state index in [-0.39, 0.29) is 11.7 Å². The lowest BCUT2D eigenvalue weighted by atomic mass is 9.92. The Labute approximate surface area is 158 Å². The normalized spacial score (nSPS) is 10.8. The topological polar surface area (TPSA) is 37.4 Å². The molecule has 0 N–H and O–H groups in total. The van der Waals surface area contributed by atoms with E-state index in [1.54, 1.807) is 34.9 Å². The lowest BCUT2D eigenvalue weighted by Gasteiger charge is -2.18. The average Bonchev–Trinajstić information content (AvgIpc) is 3.02. The first-order chi connectivity index (χ1) is 11.8. The molecule has 1 aromatic heterocycles. The van der Waals surface area contributed by atoms with Gasteiger partial charge >= 0.3 is 0 Å². The number of amides is 1. The molecule has 0 saturated heterocycles. The van der Waals surface area contributed by atoms with Crippen molar-refractivity contribution in [3.05, 3.63) is 56.3 Å². The number of aryl methyl sites for hydroxylation is 2. The number of carbonyl (C=O) groups excluding carboxylic acids is 2. The number of hydrogen-bond acceptors (Lipinski definition) is 4. The fourth-order valence-electron chi connectivity index (χ4n) is 3.07. The van der Waals surface area contributed by atoms with Crippen molar-refractivity contribution in [2.75, 3.05) is 12.8 Å². The van der Waals surface area contributed by atoms with E-state index in [9.17, 15) is 9.59 Å². The monoisotopic (exact) mass is 375 g/mol. The van der Waals surface area contributed by atoms with Crippen LogP contribution in [0.3, 0.4) is 0 Å². The summed E-state index contributed by atoms with van der Waals surface area (Å²) >= 11 is 3.28. The van der Waals surface area contributed by atoms with Gasteiger partial charge in [0.05, 0.1) is 12.3 Å². The molecule has 2 aromatic rings. The Morgan fingerprint density at radius 2 is 1.92 bits per heavy atom. The first kappa shape index (κ1) is 19.7. The van der Waals surface area contributed by atoms with E-state index in [0.717, 1.165) is 22.4 Å². The first-order valence-electron chi connectivity index (χ1n) is 8.26. The van der Waals surface area contributed by atoms with Crippen LogP contribution in [0.4, 0.5) is 0 Å². The smallest absolute Gasteiger partial charge is 0.232 e. The van der Waals surface area contributed by atoms with Gasteiger partial charge in [-0.25, -0.2) is 0 Å². The molecule has 0 bridgehead atoms. The third-order valence-electron chi connectivity index (χ3n) is 4.35. The Bertz CT molecular complexity index is 766. The summed E-state index contributed by atoms with van der Waals surface area (Å²) in [5.74, 6) is 1.43. The zero-order valence-electron chi connectivity index (χ0n) is 15.5. The van der Waals surface area contributed by atoms with Gasteiger partial charge in [-0.3, -0.25) is 9.59 Å². The standard InChI is InChI=1S/C20H25NO2S2/c1-13-9-14(2)20(16(4)22)15(3)18(13)11-24-12-19(23)21(5)10-17-7-6-8-25-17/h6-9H,10-12H2,1-5H3. The van der Waals surface area contributed by atoms with Gasteiger partial charge in [0.25, 0.3) is 0 Å². The predicted octanol–water partition coefficient (Wildman–Crippen LogP) is 4.77. The summed E-state index contributed by atoms with van der Waals surface area (Å²) in [6.07, 6.45) is 0. The molecule has 0 spiro atoms. The largest absolute Gasteiger partial charge is 0.340 e. The molecule has 3 nitrogen and oxygen atoms in total. The minimum Gasteiger partial charge on any atom is -0.340 e. The molecular weight excluding hydrogens is 350 g/mol. The highest BCUT2D eigenvalue weighted by Crippen LogP contribution is 2.26. The summed E-state index contributed by atoms with van der Waals surface area (Å²) in [7, 11) is 1.85. The lowest BCUT2D eigenvalue weighted by Crippen LogP contribution is -2.27. The number of ketones is 1. The third-order valence-corrected chi connectivity index (χ3v) is 6.16. The van der Waals surface area contributed by atoms with E-state index >= 15 is 0 Å². The number of hydrogen-bond donors (Lipinski definition) is 0. The molecule has 0 saturated carbocycles. The maximum atomic E-state index is 12.3. The number of rotatable bonds is 7. The van der Waals surface area contributed by atoms with Crippen molar-refractivity contribution in [1.82, 2.24) is 4.90 Å². The second-order valence-electron chi connectivity index (χ2n) is 6.37. The van der Waals surface area contributed by atoms with Gasteiger partial charge < -0.3 is 4.90 Å². The summed E-state index contributed by atoms with van der Waals surface area (Å²) in [6, 6.07) is 6.12. The van der Waals surface area contributed by atoms with E-state index in [4.69, 9.17) is 0 Å². The molecule has 134 valence electrons. The maximum absolute atomic E-state index is 12.3. The molecule has 0 atom stereocenters. The number of thiophene rings is 1. The van der Waals surface area contributed by atoms with Crippen molar-refractivity contribution in [2.45, 2.75) is 40.0 Å². The molecular formula is C20H25NO2S2. The van der Waals surface area contributed by atoms with Crippen molar-refractivity contribution in [1.29, 1.82) is 0 Å². The molecule has 1 heterocycles. The summed E-state index contributed by atoms with van der Waals surface area (Å²) in [5.41, 5.74) is 5.27. The van der Waals surface area contributed by atoms with Crippen molar-refractivity contribution in [3.63, 3.8) is 0 Å². The number of Topliss-reactive ketones (excluding diaryl/α,β-unsaturated/α-hetero) is 1. The highest BCUT2D eigenvalue weighted by Gasteiger charge is 2.15. The molecule has 0 aliphatic rings. The minimum atomic E-state index is 0.105. The average molecular weight is 376 g/mol. The number of thioether (sulfide) groups is 1. The van der Waals surface area contributed by atoms with Gasteiger partial charge in [0, 0.05) is 23.2 Å². The van der Waals surface area contributed by atoms with E-state index in [0.29, 0.717) is 12.3 Å². The minimum absolute atomic E-state index is 0.105. The van der Waals surface area contributed by atoms with Gasteiger partial charge in [-0.2, -0.15) is 0 Å². The van der Waals surface area contributed by atoms with E-state index in [1.165, 1.54) is 16.0 Å². The molecule has 2 rings (SSSR count). The van der Waals surface area contributed by atoms with Gasteiger partial charge in [-0.1, -0.05) is 12.1 Å². The van der Waals surface area contributed by atoms with Crippen LogP contribution in [-0.2, 0) is 17.1 Å². The summed E-state index contributed by atoms with van der Waals surface area (Å²) < 4.78 is 0. The van der Waals surface area contributed by atoms with E-state index in [2.05, 4.69) is 13.0 Å². The van der Waals surface area contributed by atoms with Crippen molar-refractivity contribution < 1.29 is 9.59 Å². The van der Waals surface area contributed by atoms with Crippen molar-refractivity contribution in [3.8, 4) is 0 Å². The SMILES string of the molecule is CC(=O)c1c(C)cc(C)c(CSCC(=O)N(C)Cc2cccs2)c1C. The molecule has 1 aromatic carbocycles. The zero-order chi connectivity index (χ0) is 18.6. The fourth-order valence-corrected chi connectivity index (χ4v) is 4.97. The van der Waals surface area contributed by atoms with E-state index < -0.39 is 0 Å². The second kappa shape index (κ2) is 8.68. The fraction of sp³-hybridized carbons (Fsp3) is 0.400. The van der Waals surface area contributed by atoms with Gasteiger partial charge in [-0.15, -0.1) is 23.1 Å². The summed E-state index contributed by atoms with van der Waals surface area (Å²) in [5, 5.41) is 2.03. The Kier molecular flexibility index (Phi) is 6.85. The molecule has 0 unspecified atom stereocenters. The highest BCUT2D eigenvalue weighted by atomic mass is 32.2. The summed E-state index contributed by atoms with van der Waals surface area (Å²) in [4.78, 5) is 27.2. The number of carbonyl (C=O) groups is 2. The van der Waals surface area contributed by atoms with Crippen LogP contribution in [0.1, 0.15) is 44.4 Å². The number of benzene rings is 1. The molecule has 1 amide bonds. The van der Waals surface area contributed by atoms with Gasteiger partial charge in [0.15, 0.2) is 5.78 Å². The van der Waals surface area contributed by atoms with Gasteiger partial charge in [-0.05, 0) is 61.4 Å². The maximum Gasteiger partial charge on any atom is 0.232 e. The predicted molar refractivity (Wildman–Crippen MR) is 108 cm³/mol. The Hall–Kier alpha value is -1.59. The van der Waals surface area contributed by atoms with Crippen LogP contribution in [0, 0.1) is 20.8 Å². The molecule has 25 heavy (non-hydrogen) atoms. The van der Waals surface area contributed by atoms with Crippen LogP contribution in [-0.4, -0.2) is 29.4 Å². The van der Waals surface area contributed by atoms with Crippen LogP contribution < -0.4 is 0 Å². The first-order valence-corrected chi connectivity index (χ1v) is 10.3. The Morgan fingerprint density at radius 3 is 2.52 bits per heavy atom. The molecule has 5 heteroatoms. The molecule has 0 aliphatic carbocycles. The quantitative estimate of drug-likeness (QED) is 0.654. The Balaban J connectivity index is 1.98. The third kappa shape index (κ3) is 4.95. The second-order valence-corrected chi connectivity index (χ2v) is 8.38. The van der Waals surface area contributed by atoms with Crippen LogP contribution in [0.2, 0.25) is 0 Å². The van der Waals surface area contributed by atoms with Crippen LogP contribution in [0.15, 0.2) is 23.6 Å². The van der Waals surface area contributed by atoms with Crippen LogP contribution >= 0.6 is 23.1 Å². The summed E-state index contributed by atoms with van der Waals surface area (Å²) in [6.45, 7) is 8.34. The van der Waals surface area contributed by atoms with Crippen molar-refractivity contribution >= 4 is 34.8 Å². The van der Waals surface area contributed by atoms with Crippen LogP contribution in [0.25, 0.3) is 0 Å². The highest BCUT2D eigenvalue weighted by molar-refractivity contribution is 7.99. The zero-order valence-corrected chi connectivity index (χ0v) is 17.1. The Morgan fingerprint density at radius 1 is 1.20 bits per heavy atom. The molecule has 0 radical (unpaired) electrons. The molecule has 0 aliphatic heterocycles. The lowest BCUT2D eigenvalue weighted by molar-refractivity contribution is -0.127. The van der Waals surface area contributed by atoms with Crippen LogP contribution in [0.5, 0.6) is 0 Å².